The maximum Gasteiger partial charge on any atom is 0.222 e. The zero-order chi connectivity index (χ0) is 55.2. The van der Waals surface area contributed by atoms with E-state index >= 15 is 0 Å². The molecule has 0 aliphatic carbocycles. The molecule has 2 rings (SSSR count). The van der Waals surface area contributed by atoms with E-state index in [4.69, 9.17) is 53.1 Å². The van der Waals surface area contributed by atoms with Crippen LogP contribution in [-0.2, 0) is 52.2 Å². The highest BCUT2D eigenvalue weighted by atomic mass is 16.7. The van der Waals surface area contributed by atoms with E-state index in [0.717, 1.165) is 51.4 Å². The minimum atomic E-state index is -0.984. The Morgan fingerprint density at radius 3 is 1.45 bits per heavy atom. The number of hydrogen-bond donors (Lipinski definition) is 4. The lowest BCUT2D eigenvalue weighted by Gasteiger charge is -2.44. The third-order valence-corrected chi connectivity index (χ3v) is 14.2. The highest BCUT2D eigenvalue weighted by Gasteiger charge is 2.48. The Morgan fingerprint density at radius 2 is 0.973 bits per heavy atom. The van der Waals surface area contributed by atoms with Crippen molar-refractivity contribution >= 4 is 5.91 Å². The molecule has 0 unspecified atom stereocenters. The van der Waals surface area contributed by atoms with Crippen molar-refractivity contribution < 1.29 is 62.4 Å². The summed E-state index contributed by atoms with van der Waals surface area (Å²) in [4.78, 5) is 13.1. The van der Waals surface area contributed by atoms with E-state index in [-0.39, 0.29) is 31.3 Å². The van der Waals surface area contributed by atoms with Crippen LogP contribution in [0.25, 0.3) is 0 Å². The normalized spacial score (nSPS) is 24.9. The van der Waals surface area contributed by atoms with Gasteiger partial charge in [0.05, 0.1) is 44.0 Å². The highest BCUT2D eigenvalue weighted by Crippen LogP contribution is 2.28. The summed E-state index contributed by atoms with van der Waals surface area (Å²) in [5.41, 5.74) is 6.25. The predicted molar refractivity (Wildman–Crippen MR) is 301 cm³/mol. The number of nitrogens with one attached hydrogen (secondary N) is 1. The Kier molecular flexibility index (Phi) is 46.2. The fourth-order valence-corrected chi connectivity index (χ4v) is 9.57. The van der Waals surface area contributed by atoms with E-state index in [1.54, 1.807) is 46.9 Å². The van der Waals surface area contributed by atoms with Crippen molar-refractivity contribution in [3.8, 4) is 0 Å². The van der Waals surface area contributed by atoms with Crippen molar-refractivity contribution in [2.45, 2.75) is 288 Å². The van der Waals surface area contributed by atoms with Crippen molar-refractivity contribution in [2.24, 2.45) is 5.73 Å². The van der Waals surface area contributed by atoms with E-state index in [9.17, 15) is 15.0 Å². The summed E-state index contributed by atoms with van der Waals surface area (Å²) in [7, 11) is 6.61. The molecule has 2 saturated heterocycles. The minimum Gasteiger partial charge on any atom is -0.471 e. The largest absolute Gasteiger partial charge is 0.471 e. The number of unbranched alkanes of at least 4 members (excludes halogenated alkanes) is 19. The smallest absolute Gasteiger partial charge is 0.222 e. The van der Waals surface area contributed by atoms with Gasteiger partial charge in [0.1, 0.15) is 42.7 Å². The molecule has 75 heavy (non-hydrogen) atoms. The van der Waals surface area contributed by atoms with Gasteiger partial charge in [-0.05, 0) is 71.6 Å². The van der Waals surface area contributed by atoms with Crippen LogP contribution in [0.5, 0.6) is 0 Å². The van der Waals surface area contributed by atoms with Gasteiger partial charge in [-0.1, -0.05) is 161 Å². The first-order valence-electron chi connectivity index (χ1n) is 29.8. The van der Waals surface area contributed by atoms with Gasteiger partial charge >= 0.3 is 0 Å². The van der Waals surface area contributed by atoms with Crippen LogP contribution in [0.3, 0.4) is 0 Å². The van der Waals surface area contributed by atoms with Crippen molar-refractivity contribution in [2.75, 3.05) is 54.9 Å². The molecule has 442 valence electrons. The van der Waals surface area contributed by atoms with E-state index in [1.807, 2.05) is 13.8 Å². The van der Waals surface area contributed by atoms with Gasteiger partial charge in [-0.25, -0.2) is 0 Å². The fraction of sp³-hybridized carbons (Fsp3) is 0.883. The standard InChI is InChI=1S/C39H73NO7.C21H41NO6/c1-6-9-11-13-14-15-16-17-18-19-20-21-22-24-26-28-35(41)40-36-38(37(42)34(32-43-4)47-39(36)46-30-8-3)45-31-29-33(44-5)27-25-23-12-10-7-2;1-5-7-8-9-10-11-16(25-4)12-14-26-20-18(22)21(27-13-6-2)28-17(15-24-3)19(20)23/h8,15-16,30,33-34,36-39,42H,6-7,9-14,17-29,31-32H2,1-5H3,(H,40,41);6,13,16-21,23H,5,7-12,14-15,22H2,1-4H3/b16-15-,30-8-;13-6-/t33-,34-,36-,37-,38-,39+;16-,17-,18-,19-,20-,21+/m11/s1. The molecular formula is C60H114N2O13. The zero-order valence-corrected chi connectivity index (χ0v) is 49.0. The lowest BCUT2D eigenvalue weighted by molar-refractivity contribution is -0.265. The molecule has 2 aliphatic heterocycles. The van der Waals surface area contributed by atoms with E-state index in [0.29, 0.717) is 26.1 Å². The first-order valence-corrected chi connectivity index (χ1v) is 29.8. The second-order valence-electron chi connectivity index (χ2n) is 20.6. The molecule has 15 heteroatoms. The van der Waals surface area contributed by atoms with Crippen LogP contribution in [0.2, 0.25) is 0 Å². The summed E-state index contributed by atoms with van der Waals surface area (Å²) >= 11 is 0. The molecule has 0 spiro atoms. The van der Waals surface area contributed by atoms with Crippen LogP contribution in [0.4, 0.5) is 0 Å². The van der Waals surface area contributed by atoms with Gasteiger partial charge in [-0.3, -0.25) is 4.79 Å². The fourth-order valence-electron chi connectivity index (χ4n) is 9.57. The number of amides is 1. The number of ether oxygens (including phenoxy) is 10. The number of carbonyl (C=O) groups excluding carboxylic acids is 1. The number of methoxy groups -OCH3 is 4. The number of allylic oxidation sites excluding steroid dienone is 4. The van der Waals surface area contributed by atoms with Crippen LogP contribution in [0.15, 0.2) is 36.8 Å². The first kappa shape index (κ1) is 70.9. The Balaban J connectivity index is 0.000000853. The number of rotatable bonds is 46. The van der Waals surface area contributed by atoms with Crippen molar-refractivity contribution in [3.63, 3.8) is 0 Å². The number of aliphatic hydroxyl groups is 2. The summed E-state index contributed by atoms with van der Waals surface area (Å²) in [5, 5.41) is 25.0. The average Bonchev–Trinajstić information content (AvgIpc) is 3.41. The lowest BCUT2D eigenvalue weighted by atomic mass is 9.96. The molecule has 0 bridgehead atoms. The maximum atomic E-state index is 13.1. The number of aliphatic hydroxyl groups excluding tert-OH is 2. The van der Waals surface area contributed by atoms with Crippen LogP contribution in [-0.4, -0.2) is 144 Å². The van der Waals surface area contributed by atoms with Gasteiger partial charge in [-0.15, -0.1) is 0 Å². The van der Waals surface area contributed by atoms with Gasteiger partial charge in [-0.2, -0.15) is 0 Å². The molecule has 5 N–H and O–H groups in total. The predicted octanol–water partition coefficient (Wildman–Crippen LogP) is 11.7. The van der Waals surface area contributed by atoms with Crippen molar-refractivity contribution in [3.05, 3.63) is 36.8 Å². The molecule has 15 nitrogen and oxygen atoms in total. The maximum absolute atomic E-state index is 13.1. The van der Waals surface area contributed by atoms with Crippen LogP contribution < -0.4 is 11.1 Å². The van der Waals surface area contributed by atoms with Gasteiger partial charge in [0.25, 0.3) is 0 Å². The quantitative estimate of drug-likeness (QED) is 0.0256. The van der Waals surface area contributed by atoms with Gasteiger partial charge < -0.3 is 68.6 Å². The monoisotopic (exact) mass is 1070 g/mol. The topological polar surface area (TPSA) is 188 Å². The molecule has 12 atom stereocenters. The number of carbonyl (C=O) groups is 1. The summed E-state index contributed by atoms with van der Waals surface area (Å²) in [6, 6.07) is -1.27. The second-order valence-corrected chi connectivity index (χ2v) is 20.6. The third-order valence-electron chi connectivity index (χ3n) is 14.2. The zero-order valence-electron chi connectivity index (χ0n) is 49.0. The molecule has 2 fully saturated rings. The van der Waals surface area contributed by atoms with Gasteiger partial charge in [0.2, 0.25) is 18.5 Å². The van der Waals surface area contributed by atoms with Crippen LogP contribution in [0, 0.1) is 0 Å². The Morgan fingerprint density at radius 1 is 0.560 bits per heavy atom. The summed E-state index contributed by atoms with van der Waals surface area (Å²) in [6.07, 6.45) is 37.6. The number of hydrogen-bond acceptors (Lipinski definition) is 14. The van der Waals surface area contributed by atoms with E-state index in [1.165, 1.54) is 122 Å². The summed E-state index contributed by atoms with van der Waals surface area (Å²) < 4.78 is 57.3. The van der Waals surface area contributed by atoms with Crippen LogP contribution >= 0.6 is 0 Å². The molecule has 0 aromatic rings. The molecule has 0 aromatic heterocycles. The third kappa shape index (κ3) is 33.1. The summed E-state index contributed by atoms with van der Waals surface area (Å²) in [5.74, 6) is -0.0815. The Bertz CT molecular complexity index is 1380. The minimum absolute atomic E-state index is 0.0815. The molecule has 1 amide bonds. The molecule has 2 heterocycles. The van der Waals surface area contributed by atoms with Crippen molar-refractivity contribution in [1.82, 2.24) is 5.32 Å². The SMILES string of the molecule is C/C=C\O[C@H]1O[C@H](COC)[C@@H](O)[C@H](OCC[C@@H](CCCCCCC)OC)[C@H]1N.C/C=C\O[C@H]1O[C@H](COC)[C@@H](O)[C@H](OCC[C@@H](CCCCCCC)OC)[C@H]1NC(=O)CCCCCCCCC/C=C\CCCCCC. The number of nitrogens with two attached hydrogens (primary N) is 1. The van der Waals surface area contributed by atoms with Gasteiger partial charge in [0, 0.05) is 48.1 Å². The molecule has 0 aromatic carbocycles. The lowest BCUT2D eigenvalue weighted by Crippen LogP contribution is -2.65. The Labute approximate surface area is 457 Å². The van der Waals surface area contributed by atoms with Gasteiger partial charge in [0.15, 0.2) is 0 Å². The second kappa shape index (κ2) is 48.9. The van der Waals surface area contributed by atoms with Crippen molar-refractivity contribution in [1.29, 1.82) is 0 Å². The van der Waals surface area contributed by atoms with Crippen LogP contribution in [0.1, 0.15) is 214 Å². The summed E-state index contributed by atoms with van der Waals surface area (Å²) in [6.45, 7) is 11.7. The molecule has 0 radical (unpaired) electrons. The first-order chi connectivity index (χ1) is 36.6. The van der Waals surface area contributed by atoms with E-state index < -0.39 is 61.3 Å². The molecule has 0 saturated carbocycles. The molecular weight excluding hydrogens is 957 g/mol. The highest BCUT2D eigenvalue weighted by molar-refractivity contribution is 5.76. The Hall–Kier alpha value is -2.15. The molecule has 2 aliphatic rings. The average molecular weight is 1070 g/mol. The van der Waals surface area contributed by atoms with E-state index in [2.05, 4.69) is 38.2 Å².